The number of piperidine rings is 4. The smallest absolute Gasteiger partial charge is 0.0928 e. The first-order chi connectivity index (χ1) is 8.76. The van der Waals surface area contributed by atoms with E-state index in [0.717, 1.165) is 31.0 Å². The highest BCUT2D eigenvalue weighted by molar-refractivity contribution is 4.96. The second-order valence-corrected chi connectivity index (χ2v) is 7.24. The van der Waals surface area contributed by atoms with Crippen LogP contribution in [-0.2, 0) is 0 Å². The molecule has 0 saturated carbocycles. The number of nitrogens with zero attached hydrogens (tertiary/aromatic N) is 2. The summed E-state index contributed by atoms with van der Waals surface area (Å²) >= 11 is 0. The van der Waals surface area contributed by atoms with Crippen LogP contribution in [0.5, 0.6) is 0 Å². The maximum absolute atomic E-state index is 13.1. The number of hydroxylamine groups is 3. The number of hydrogen-bond donors (Lipinski definition) is 0. The van der Waals surface area contributed by atoms with Crippen molar-refractivity contribution in [3.8, 4) is 0 Å². The Balaban J connectivity index is 1.61. The largest absolute Gasteiger partial charge is 0.633 e. The van der Waals surface area contributed by atoms with E-state index in [0.29, 0.717) is 6.04 Å². The van der Waals surface area contributed by atoms with Crippen LogP contribution in [0.1, 0.15) is 44.9 Å². The molecule has 0 aromatic heterocycles. The molecule has 5 atom stereocenters. The SMILES string of the molecule is [O-][N+]12CCCC[C@@H]1[C@H]1C[C@@H](C2)[C@@H]2CCCCN2C1. The molecule has 2 bridgehead atoms. The summed E-state index contributed by atoms with van der Waals surface area (Å²) in [4.78, 5) is 2.75. The molecule has 0 aliphatic carbocycles. The highest BCUT2D eigenvalue weighted by Gasteiger charge is 2.51. The molecular weight excluding hydrogens is 224 g/mol. The summed E-state index contributed by atoms with van der Waals surface area (Å²) in [6.45, 7) is 4.42. The molecule has 0 spiro atoms. The normalized spacial score (nSPS) is 52.5. The molecule has 4 aliphatic heterocycles. The van der Waals surface area contributed by atoms with E-state index in [-0.39, 0.29) is 4.65 Å². The molecule has 4 saturated heterocycles. The van der Waals surface area contributed by atoms with Gasteiger partial charge in [-0.05, 0) is 38.6 Å². The predicted molar refractivity (Wildman–Crippen MR) is 71.8 cm³/mol. The zero-order valence-electron chi connectivity index (χ0n) is 11.4. The van der Waals surface area contributed by atoms with E-state index in [9.17, 15) is 5.21 Å². The van der Waals surface area contributed by atoms with Gasteiger partial charge in [0.2, 0.25) is 0 Å². The van der Waals surface area contributed by atoms with Gasteiger partial charge in [-0.1, -0.05) is 6.42 Å². The van der Waals surface area contributed by atoms with Gasteiger partial charge in [0.15, 0.2) is 0 Å². The molecule has 18 heavy (non-hydrogen) atoms. The van der Waals surface area contributed by atoms with Crippen LogP contribution in [0.3, 0.4) is 0 Å². The molecule has 4 heterocycles. The summed E-state index contributed by atoms with van der Waals surface area (Å²) in [6.07, 6.45) is 9.20. The van der Waals surface area contributed by atoms with Gasteiger partial charge < -0.3 is 9.85 Å². The first kappa shape index (κ1) is 11.7. The van der Waals surface area contributed by atoms with E-state index in [1.165, 1.54) is 58.0 Å². The van der Waals surface area contributed by atoms with E-state index < -0.39 is 0 Å². The first-order valence-electron chi connectivity index (χ1n) is 8.08. The minimum Gasteiger partial charge on any atom is -0.633 e. The number of fused-ring (bicyclic) bond motifs is 6. The lowest BCUT2D eigenvalue weighted by molar-refractivity contribution is -0.925. The minimum absolute atomic E-state index is 0.194. The fourth-order valence-electron chi connectivity index (χ4n) is 5.55. The van der Waals surface area contributed by atoms with Crippen molar-refractivity contribution < 1.29 is 4.65 Å². The molecule has 0 aromatic carbocycles. The van der Waals surface area contributed by atoms with Crippen molar-refractivity contribution in [2.75, 3.05) is 26.2 Å². The van der Waals surface area contributed by atoms with Gasteiger partial charge in [0, 0.05) is 30.8 Å². The zero-order valence-corrected chi connectivity index (χ0v) is 11.4. The average Bonchev–Trinajstić information content (AvgIpc) is 2.38. The molecule has 0 amide bonds. The van der Waals surface area contributed by atoms with Gasteiger partial charge in [0.1, 0.15) is 0 Å². The molecule has 4 aliphatic rings. The monoisotopic (exact) mass is 250 g/mol. The van der Waals surface area contributed by atoms with Crippen LogP contribution in [-0.4, -0.2) is 47.8 Å². The van der Waals surface area contributed by atoms with Crippen LogP contribution < -0.4 is 0 Å². The quantitative estimate of drug-likeness (QED) is 0.487. The van der Waals surface area contributed by atoms with Crippen molar-refractivity contribution in [2.24, 2.45) is 11.8 Å². The average molecular weight is 250 g/mol. The van der Waals surface area contributed by atoms with E-state index in [4.69, 9.17) is 0 Å². The van der Waals surface area contributed by atoms with E-state index in [1.54, 1.807) is 0 Å². The van der Waals surface area contributed by atoms with Gasteiger partial charge in [0.25, 0.3) is 0 Å². The summed E-state index contributed by atoms with van der Waals surface area (Å²) in [5, 5.41) is 13.1. The van der Waals surface area contributed by atoms with E-state index >= 15 is 0 Å². The van der Waals surface area contributed by atoms with Crippen molar-refractivity contribution in [3.63, 3.8) is 0 Å². The second kappa shape index (κ2) is 4.19. The van der Waals surface area contributed by atoms with Gasteiger partial charge >= 0.3 is 0 Å². The Morgan fingerprint density at radius 1 is 1.00 bits per heavy atom. The lowest BCUT2D eigenvalue weighted by Gasteiger charge is -2.63. The number of quaternary nitrogens is 1. The van der Waals surface area contributed by atoms with Crippen molar-refractivity contribution in [2.45, 2.75) is 57.0 Å². The highest BCUT2D eigenvalue weighted by atomic mass is 16.5. The predicted octanol–water partition coefficient (Wildman–Crippen LogP) is 2.36. The number of rotatable bonds is 0. The Kier molecular flexibility index (Phi) is 2.72. The van der Waals surface area contributed by atoms with Crippen LogP contribution in [0, 0.1) is 17.0 Å². The topological polar surface area (TPSA) is 26.3 Å². The Bertz CT molecular complexity index is 334. The summed E-state index contributed by atoms with van der Waals surface area (Å²) in [5.41, 5.74) is 0. The molecule has 3 nitrogen and oxygen atoms in total. The Hall–Kier alpha value is -0.120. The zero-order chi connectivity index (χ0) is 12.2. The molecule has 102 valence electrons. The van der Waals surface area contributed by atoms with Gasteiger partial charge in [-0.25, -0.2) is 0 Å². The third-order valence-electron chi connectivity index (χ3n) is 6.26. The van der Waals surface area contributed by atoms with Crippen molar-refractivity contribution in [3.05, 3.63) is 5.21 Å². The van der Waals surface area contributed by atoms with Crippen LogP contribution in [0.2, 0.25) is 0 Å². The lowest BCUT2D eigenvalue weighted by Crippen LogP contribution is -2.69. The summed E-state index contributed by atoms with van der Waals surface area (Å²) in [6, 6.07) is 1.22. The van der Waals surface area contributed by atoms with Crippen LogP contribution in [0.15, 0.2) is 0 Å². The molecule has 4 rings (SSSR count). The van der Waals surface area contributed by atoms with E-state index in [2.05, 4.69) is 4.90 Å². The Labute approximate surface area is 110 Å². The van der Waals surface area contributed by atoms with Crippen LogP contribution >= 0.6 is 0 Å². The summed E-state index contributed by atoms with van der Waals surface area (Å²) in [5.74, 6) is 1.44. The second-order valence-electron chi connectivity index (χ2n) is 7.24. The van der Waals surface area contributed by atoms with Gasteiger partial charge in [-0.3, -0.25) is 4.90 Å². The molecule has 0 N–H and O–H groups in total. The minimum atomic E-state index is 0.194. The van der Waals surface area contributed by atoms with Gasteiger partial charge in [-0.15, -0.1) is 0 Å². The fraction of sp³-hybridized carbons (Fsp3) is 1.00. The number of hydrogen-bond acceptors (Lipinski definition) is 2. The molecule has 0 aromatic rings. The highest BCUT2D eigenvalue weighted by Crippen LogP contribution is 2.45. The lowest BCUT2D eigenvalue weighted by atomic mass is 9.70. The van der Waals surface area contributed by atoms with Gasteiger partial charge in [0.05, 0.1) is 19.1 Å². The van der Waals surface area contributed by atoms with Gasteiger partial charge in [-0.2, -0.15) is 0 Å². The maximum Gasteiger partial charge on any atom is 0.0928 e. The van der Waals surface area contributed by atoms with E-state index in [1.807, 2.05) is 0 Å². The summed E-state index contributed by atoms with van der Waals surface area (Å²) < 4.78 is 0.194. The van der Waals surface area contributed by atoms with Crippen LogP contribution in [0.25, 0.3) is 0 Å². The fourth-order valence-corrected chi connectivity index (χ4v) is 5.55. The van der Waals surface area contributed by atoms with Crippen molar-refractivity contribution >= 4 is 0 Å². The summed E-state index contributed by atoms with van der Waals surface area (Å²) in [7, 11) is 0. The molecule has 0 radical (unpaired) electrons. The molecular formula is C15H26N2O. The third kappa shape index (κ3) is 1.67. The first-order valence-corrected chi connectivity index (χ1v) is 8.08. The Morgan fingerprint density at radius 3 is 2.83 bits per heavy atom. The molecule has 1 unspecified atom stereocenters. The van der Waals surface area contributed by atoms with Crippen molar-refractivity contribution in [1.82, 2.24) is 4.90 Å². The maximum atomic E-state index is 13.1. The van der Waals surface area contributed by atoms with Crippen LogP contribution in [0.4, 0.5) is 0 Å². The van der Waals surface area contributed by atoms with Crippen molar-refractivity contribution in [1.29, 1.82) is 0 Å². The Morgan fingerprint density at radius 2 is 1.89 bits per heavy atom. The molecule has 3 heteroatoms. The third-order valence-corrected chi connectivity index (χ3v) is 6.26. The standard InChI is InChI=1S/C15H26N2O/c18-17-8-4-2-6-15(17)12-9-13(11-17)14-5-1-3-7-16(14)10-12/h12-15H,1-11H2/t12-,13-,14-,15+,17?/m0/s1. The molecule has 4 fully saturated rings.